The van der Waals surface area contributed by atoms with Crippen molar-refractivity contribution in [2.24, 2.45) is 0 Å². The molecular formula is C18H16N6O. The Balaban J connectivity index is 1.76. The third-order valence-corrected chi connectivity index (χ3v) is 3.71. The number of hydrogen-bond donors (Lipinski definition) is 2. The van der Waals surface area contributed by atoms with E-state index in [1.54, 1.807) is 18.7 Å². The number of hydrogen-bond acceptors (Lipinski definition) is 6. The Morgan fingerprint density at radius 3 is 2.76 bits per heavy atom. The van der Waals surface area contributed by atoms with Gasteiger partial charge in [0.1, 0.15) is 5.69 Å². The minimum atomic E-state index is 0.446. The van der Waals surface area contributed by atoms with Gasteiger partial charge in [-0.15, -0.1) is 0 Å². The standard InChI is InChI=1S/C18H16N6O/c1-2-13-9-17(24-23-13)22-18-20-14(12-5-3-7-19-11-12)10-15(21-18)16-6-4-8-25-16/h3-11H,2H2,1H3,(H2,20,21,22,23,24). The van der Waals surface area contributed by atoms with Gasteiger partial charge in [-0.1, -0.05) is 6.92 Å². The van der Waals surface area contributed by atoms with Gasteiger partial charge in [0, 0.05) is 29.7 Å². The molecule has 0 atom stereocenters. The van der Waals surface area contributed by atoms with Gasteiger partial charge >= 0.3 is 0 Å². The zero-order chi connectivity index (χ0) is 17.1. The van der Waals surface area contributed by atoms with Crippen LogP contribution in [0.4, 0.5) is 11.8 Å². The quantitative estimate of drug-likeness (QED) is 0.577. The first kappa shape index (κ1) is 15.1. The fourth-order valence-electron chi connectivity index (χ4n) is 2.44. The normalized spacial score (nSPS) is 10.8. The first-order chi connectivity index (χ1) is 12.3. The van der Waals surface area contributed by atoms with E-state index < -0.39 is 0 Å². The predicted octanol–water partition coefficient (Wildman–Crippen LogP) is 3.83. The average Bonchev–Trinajstić information content (AvgIpc) is 3.34. The van der Waals surface area contributed by atoms with Crippen molar-refractivity contribution in [2.75, 3.05) is 5.32 Å². The molecule has 7 heteroatoms. The summed E-state index contributed by atoms with van der Waals surface area (Å²) in [6.45, 7) is 2.06. The van der Waals surface area contributed by atoms with E-state index in [0.717, 1.165) is 23.4 Å². The molecule has 0 saturated heterocycles. The summed E-state index contributed by atoms with van der Waals surface area (Å²) in [5.41, 5.74) is 3.38. The van der Waals surface area contributed by atoms with Crippen LogP contribution >= 0.6 is 0 Å². The molecule has 0 radical (unpaired) electrons. The molecule has 4 aromatic rings. The summed E-state index contributed by atoms with van der Waals surface area (Å²) in [7, 11) is 0. The second kappa shape index (κ2) is 6.56. The molecule has 0 amide bonds. The molecule has 2 N–H and O–H groups in total. The Morgan fingerprint density at radius 1 is 1.12 bits per heavy atom. The van der Waals surface area contributed by atoms with Gasteiger partial charge in [-0.05, 0) is 36.8 Å². The molecule has 0 fully saturated rings. The molecule has 4 rings (SSSR count). The van der Waals surface area contributed by atoms with Crippen molar-refractivity contribution < 1.29 is 4.42 Å². The number of anilines is 2. The fourth-order valence-corrected chi connectivity index (χ4v) is 2.44. The van der Waals surface area contributed by atoms with Gasteiger partial charge < -0.3 is 9.73 Å². The third-order valence-electron chi connectivity index (χ3n) is 3.71. The second-order valence-corrected chi connectivity index (χ2v) is 5.44. The molecule has 0 aliphatic heterocycles. The van der Waals surface area contributed by atoms with E-state index in [9.17, 15) is 0 Å². The number of furan rings is 1. The van der Waals surface area contributed by atoms with E-state index in [1.807, 2.05) is 36.4 Å². The van der Waals surface area contributed by atoms with Gasteiger partial charge in [-0.2, -0.15) is 5.10 Å². The molecule has 0 bridgehead atoms. The minimum absolute atomic E-state index is 0.446. The highest BCUT2D eigenvalue weighted by atomic mass is 16.3. The van der Waals surface area contributed by atoms with Crippen molar-refractivity contribution in [3.05, 3.63) is 60.7 Å². The molecule has 0 unspecified atom stereocenters. The Hall–Kier alpha value is -3.48. The molecule has 0 aliphatic carbocycles. The number of H-pyrrole nitrogens is 1. The van der Waals surface area contributed by atoms with Gasteiger partial charge in [0.15, 0.2) is 11.6 Å². The van der Waals surface area contributed by atoms with Crippen molar-refractivity contribution in [2.45, 2.75) is 13.3 Å². The van der Waals surface area contributed by atoms with Gasteiger partial charge in [-0.3, -0.25) is 10.1 Å². The van der Waals surface area contributed by atoms with Crippen LogP contribution in [0.25, 0.3) is 22.7 Å². The Morgan fingerprint density at radius 2 is 2.04 bits per heavy atom. The molecule has 0 aliphatic rings. The highest BCUT2D eigenvalue weighted by molar-refractivity contribution is 5.67. The number of rotatable bonds is 5. The highest BCUT2D eigenvalue weighted by Gasteiger charge is 2.11. The molecule has 0 aromatic carbocycles. The molecule has 124 valence electrons. The highest BCUT2D eigenvalue weighted by Crippen LogP contribution is 2.26. The molecule has 4 aromatic heterocycles. The first-order valence-electron chi connectivity index (χ1n) is 7.96. The number of aromatic nitrogens is 5. The van der Waals surface area contributed by atoms with Crippen LogP contribution < -0.4 is 5.32 Å². The summed E-state index contributed by atoms with van der Waals surface area (Å²) < 4.78 is 5.48. The summed E-state index contributed by atoms with van der Waals surface area (Å²) in [4.78, 5) is 13.3. The van der Waals surface area contributed by atoms with Crippen LogP contribution in [-0.4, -0.2) is 25.1 Å². The molecule has 7 nitrogen and oxygen atoms in total. The van der Waals surface area contributed by atoms with E-state index in [2.05, 4.69) is 37.4 Å². The molecular weight excluding hydrogens is 316 g/mol. The molecule has 4 heterocycles. The SMILES string of the molecule is CCc1cc(Nc2nc(-c3cccnc3)cc(-c3ccco3)n2)n[nH]1. The summed E-state index contributed by atoms with van der Waals surface area (Å²) in [5.74, 6) is 1.79. The monoisotopic (exact) mass is 332 g/mol. The zero-order valence-electron chi connectivity index (χ0n) is 13.6. The van der Waals surface area contributed by atoms with Gasteiger partial charge in [-0.25, -0.2) is 9.97 Å². The number of pyridine rings is 1. The number of aromatic amines is 1. The van der Waals surface area contributed by atoms with Crippen LogP contribution in [0.1, 0.15) is 12.6 Å². The molecule has 25 heavy (non-hydrogen) atoms. The topological polar surface area (TPSA) is 92.5 Å². The van der Waals surface area contributed by atoms with Gasteiger partial charge in [0.25, 0.3) is 0 Å². The lowest BCUT2D eigenvalue weighted by Gasteiger charge is -2.07. The van der Waals surface area contributed by atoms with Crippen LogP contribution in [0.2, 0.25) is 0 Å². The van der Waals surface area contributed by atoms with Crippen LogP contribution in [0.5, 0.6) is 0 Å². The zero-order valence-corrected chi connectivity index (χ0v) is 13.6. The Kier molecular flexibility index (Phi) is 3.96. The van der Waals surface area contributed by atoms with E-state index >= 15 is 0 Å². The van der Waals surface area contributed by atoms with Crippen molar-refractivity contribution in [3.8, 4) is 22.7 Å². The summed E-state index contributed by atoms with van der Waals surface area (Å²) in [5, 5.41) is 10.3. The van der Waals surface area contributed by atoms with Crippen molar-refractivity contribution >= 4 is 11.8 Å². The summed E-state index contributed by atoms with van der Waals surface area (Å²) >= 11 is 0. The fraction of sp³-hybridized carbons (Fsp3) is 0.111. The van der Waals surface area contributed by atoms with E-state index in [0.29, 0.717) is 23.2 Å². The van der Waals surface area contributed by atoms with Crippen LogP contribution in [0.15, 0.2) is 59.5 Å². The smallest absolute Gasteiger partial charge is 0.229 e. The van der Waals surface area contributed by atoms with Crippen molar-refractivity contribution in [1.82, 2.24) is 25.1 Å². The molecule has 0 spiro atoms. The van der Waals surface area contributed by atoms with Crippen molar-refractivity contribution in [1.29, 1.82) is 0 Å². The lowest BCUT2D eigenvalue weighted by molar-refractivity contribution is 0.580. The van der Waals surface area contributed by atoms with Crippen LogP contribution in [0, 0.1) is 0 Å². The molecule has 0 saturated carbocycles. The maximum Gasteiger partial charge on any atom is 0.229 e. The number of nitrogens with zero attached hydrogens (tertiary/aromatic N) is 4. The largest absolute Gasteiger partial charge is 0.463 e. The first-order valence-corrected chi connectivity index (χ1v) is 7.96. The van der Waals surface area contributed by atoms with Gasteiger partial charge in [0.2, 0.25) is 5.95 Å². The minimum Gasteiger partial charge on any atom is -0.463 e. The maximum absolute atomic E-state index is 5.48. The van der Waals surface area contributed by atoms with Gasteiger partial charge in [0.05, 0.1) is 12.0 Å². The lowest BCUT2D eigenvalue weighted by atomic mass is 10.1. The third kappa shape index (κ3) is 3.25. The van der Waals surface area contributed by atoms with E-state index in [1.165, 1.54) is 0 Å². The summed E-state index contributed by atoms with van der Waals surface area (Å²) in [6.07, 6.45) is 5.99. The predicted molar refractivity (Wildman–Crippen MR) is 94.2 cm³/mol. The maximum atomic E-state index is 5.48. The number of nitrogens with one attached hydrogen (secondary N) is 2. The van der Waals surface area contributed by atoms with E-state index in [-0.39, 0.29) is 0 Å². The Bertz CT molecular complexity index is 962. The van der Waals surface area contributed by atoms with Crippen molar-refractivity contribution in [3.63, 3.8) is 0 Å². The summed E-state index contributed by atoms with van der Waals surface area (Å²) in [6, 6.07) is 11.3. The lowest BCUT2D eigenvalue weighted by Crippen LogP contribution is -2.00. The number of aryl methyl sites for hydroxylation is 1. The second-order valence-electron chi connectivity index (χ2n) is 5.44. The van der Waals surface area contributed by atoms with Crippen LogP contribution in [0.3, 0.4) is 0 Å². The van der Waals surface area contributed by atoms with E-state index in [4.69, 9.17) is 4.42 Å². The average molecular weight is 332 g/mol. The Labute approximate surface area is 144 Å². The van der Waals surface area contributed by atoms with Crippen LogP contribution in [-0.2, 0) is 6.42 Å².